The summed E-state index contributed by atoms with van der Waals surface area (Å²) in [5.41, 5.74) is 1.06. The van der Waals surface area contributed by atoms with Gasteiger partial charge in [0.25, 0.3) is 11.8 Å². The molecule has 4 aliphatic rings. The smallest absolute Gasteiger partial charge is 0.472 e. The number of phenols is 2. The van der Waals surface area contributed by atoms with Gasteiger partial charge in [0.2, 0.25) is 0 Å². The third-order valence-corrected chi connectivity index (χ3v) is 16.3. The largest absolute Gasteiger partial charge is 0.508 e. The number of hydrogen-bond acceptors (Lipinski definition) is 19. The summed E-state index contributed by atoms with van der Waals surface area (Å²) in [6, 6.07) is 24.3. The second kappa shape index (κ2) is 28.9. The number of phosphoric ester groups is 3. The molecule has 4 aromatic rings. The topological polar surface area (TPSA) is 432 Å². The SMILES string of the molecule is O=C(NCCCCC(CO)COP(=O)(O)OCCOP(=O)(O)OCC(CCCCNC(=O)c1ccc(C(=O)O)c(-c2c3ccc(=O)cc-3oc3cc(O)ccc23)c1)COP(=O)(O)O)c1ccc(C(=O)O)c(-c2c3ccc(=O)cc-3oc3cc(O)ccc23)c1. The number of carbonyl (C=O) groups is 4. The molecule has 2 aliphatic heterocycles. The molecule has 30 heteroatoms. The number of phosphoric acid groups is 3. The van der Waals surface area contributed by atoms with E-state index in [0.717, 1.165) is 0 Å². The number of aliphatic hydroxyl groups excluding tert-OH is 1. The van der Waals surface area contributed by atoms with E-state index >= 15 is 0 Å². The van der Waals surface area contributed by atoms with Crippen LogP contribution < -0.4 is 21.5 Å². The van der Waals surface area contributed by atoms with Crippen LogP contribution in [-0.4, -0.2) is 122 Å². The van der Waals surface area contributed by atoms with Crippen LogP contribution in [0.25, 0.3) is 66.8 Å². The highest BCUT2D eigenvalue weighted by atomic mass is 31.2. The van der Waals surface area contributed by atoms with Gasteiger partial charge in [-0.3, -0.25) is 41.8 Å². The Morgan fingerprint density at radius 1 is 0.489 bits per heavy atom. The number of carboxylic acid groups (broad SMARTS) is 2. The Labute approximate surface area is 498 Å². The van der Waals surface area contributed by atoms with Gasteiger partial charge in [0, 0.05) is 100.0 Å². The quantitative estimate of drug-likeness (QED) is 0.0110. The molecule has 466 valence electrons. The van der Waals surface area contributed by atoms with Gasteiger partial charge in [0.05, 0.1) is 44.2 Å². The minimum absolute atomic E-state index is 0.0401. The molecule has 2 heterocycles. The fourth-order valence-corrected chi connectivity index (χ4v) is 11.6. The van der Waals surface area contributed by atoms with E-state index < -0.39 is 98.7 Å². The first-order valence-electron chi connectivity index (χ1n) is 27.0. The van der Waals surface area contributed by atoms with Crippen LogP contribution >= 0.6 is 23.5 Å². The number of hydrogen-bond donors (Lipinski definition) is 11. The number of phenolic OH excluding ortho intramolecular Hbond substituents is 2. The average molecular weight is 1280 g/mol. The monoisotopic (exact) mass is 1280 g/mol. The number of fused-ring (bicyclic) bond motifs is 4. The molecule has 88 heavy (non-hydrogen) atoms. The van der Waals surface area contributed by atoms with Crippen molar-refractivity contribution < 1.29 is 109 Å². The number of amides is 2. The molecule has 4 unspecified atom stereocenters. The highest BCUT2D eigenvalue weighted by Crippen LogP contribution is 2.48. The molecule has 0 saturated heterocycles. The Hall–Kier alpha value is -7.97. The standard InChI is InChI=1S/C58H59N2O25P3/c61-29-33(5-1-3-19-59-55(66)35-7-13-41(57(68)69)47(23-35)53-43-15-9-37(62)25-49(43)84-50-26-38(63)10-16-44(50)53)30-82-87(75,76)79-21-22-80-88(77,78)83-32-34(31-81-86(72,73)74)6-2-4-20-60-56(67)36-8-14-42(58(70)71)48(24-36)54-45-17-11-39(64)27-51(45)85-52-28-40(65)12-18-46(52)54/h7-18,23-28,33-34,61-62,64H,1-6,19-22,29-32H2,(H,59,66)(H,60,67)(H,68,69)(H,70,71)(H,75,76)(H,77,78)(H2,72,73,74). The van der Waals surface area contributed by atoms with Crippen molar-refractivity contribution in [1.82, 2.24) is 10.6 Å². The Bertz CT molecular complexity index is 4100. The first-order chi connectivity index (χ1) is 41.8. The van der Waals surface area contributed by atoms with Crippen molar-refractivity contribution in [1.29, 1.82) is 0 Å². The Balaban J connectivity index is 0.762. The number of nitrogens with one attached hydrogen (secondary N) is 2. The van der Waals surface area contributed by atoms with Crippen molar-refractivity contribution in [3.63, 3.8) is 0 Å². The van der Waals surface area contributed by atoms with E-state index in [0.29, 0.717) is 45.9 Å². The lowest BCUT2D eigenvalue weighted by molar-refractivity contribution is 0.0687. The minimum atomic E-state index is -5.02. The molecule has 0 fully saturated rings. The molecule has 27 nitrogen and oxygen atoms in total. The molecule has 0 saturated carbocycles. The van der Waals surface area contributed by atoms with Crippen LogP contribution in [-0.2, 0) is 36.3 Å². The lowest BCUT2D eigenvalue weighted by Crippen LogP contribution is -2.25. The maximum Gasteiger partial charge on any atom is 0.472 e. The highest BCUT2D eigenvalue weighted by Gasteiger charge is 2.30. The summed E-state index contributed by atoms with van der Waals surface area (Å²) < 4.78 is 73.1. The van der Waals surface area contributed by atoms with Crippen LogP contribution in [0, 0.1) is 11.8 Å². The average Bonchev–Trinajstić information content (AvgIpc) is 2.73. The third-order valence-electron chi connectivity index (χ3n) is 13.8. The summed E-state index contributed by atoms with van der Waals surface area (Å²) in [5.74, 6) is -5.41. The van der Waals surface area contributed by atoms with Gasteiger partial charge < -0.3 is 64.6 Å². The summed E-state index contributed by atoms with van der Waals surface area (Å²) in [6.45, 7) is -3.58. The van der Waals surface area contributed by atoms with E-state index in [9.17, 15) is 87.6 Å². The summed E-state index contributed by atoms with van der Waals surface area (Å²) in [7, 11) is -14.8. The molecule has 0 aromatic heterocycles. The molecule has 4 atom stereocenters. The number of aromatic carboxylic acids is 2. The minimum Gasteiger partial charge on any atom is -0.508 e. The van der Waals surface area contributed by atoms with Crippen LogP contribution in [0.5, 0.6) is 11.5 Å². The van der Waals surface area contributed by atoms with E-state index in [4.69, 9.17) is 26.9 Å². The van der Waals surface area contributed by atoms with Gasteiger partial charge in [-0.05, 0) is 122 Å². The number of rotatable bonds is 31. The Morgan fingerprint density at radius 2 is 0.909 bits per heavy atom. The molecule has 0 radical (unpaired) electrons. The zero-order valence-electron chi connectivity index (χ0n) is 46.3. The summed E-state index contributed by atoms with van der Waals surface area (Å²) >= 11 is 0. The van der Waals surface area contributed by atoms with Gasteiger partial charge in [0.1, 0.15) is 34.2 Å². The summed E-state index contributed by atoms with van der Waals surface area (Å²) in [4.78, 5) is 116. The molecule has 11 N–H and O–H groups in total. The fourth-order valence-electron chi connectivity index (χ4n) is 9.60. The first kappa shape index (κ1) is 66.0. The normalized spacial score (nSPS) is 13.9. The lowest BCUT2D eigenvalue weighted by atomic mass is 9.89. The Morgan fingerprint density at radius 3 is 1.33 bits per heavy atom. The summed E-state index contributed by atoms with van der Waals surface area (Å²) in [5, 5.41) is 56.8. The third kappa shape index (κ3) is 17.4. The van der Waals surface area contributed by atoms with E-state index in [1.54, 1.807) is 0 Å². The molecule has 2 amide bonds. The molecular formula is C58H59N2O25P3. The van der Waals surface area contributed by atoms with E-state index in [2.05, 4.69) is 15.2 Å². The van der Waals surface area contributed by atoms with Crippen molar-refractivity contribution >= 4 is 69.2 Å². The lowest BCUT2D eigenvalue weighted by Gasteiger charge is -2.20. The van der Waals surface area contributed by atoms with Crippen LogP contribution in [0.3, 0.4) is 0 Å². The van der Waals surface area contributed by atoms with Gasteiger partial charge in [0.15, 0.2) is 10.9 Å². The van der Waals surface area contributed by atoms with Crippen LogP contribution in [0.4, 0.5) is 0 Å². The predicted octanol–water partition coefficient (Wildman–Crippen LogP) is 8.35. The molecule has 8 rings (SSSR count). The first-order valence-corrected chi connectivity index (χ1v) is 31.6. The van der Waals surface area contributed by atoms with E-state index in [1.807, 2.05) is 0 Å². The van der Waals surface area contributed by atoms with Crippen molar-refractivity contribution in [2.75, 3.05) is 52.7 Å². The van der Waals surface area contributed by atoms with Crippen LogP contribution in [0.1, 0.15) is 80.0 Å². The molecular weight excluding hydrogens is 1220 g/mol. The van der Waals surface area contributed by atoms with Crippen molar-refractivity contribution in [2.24, 2.45) is 11.8 Å². The van der Waals surface area contributed by atoms with Crippen molar-refractivity contribution in [2.45, 2.75) is 38.5 Å². The van der Waals surface area contributed by atoms with Gasteiger partial charge in [-0.25, -0.2) is 23.3 Å². The number of carbonyl (C=O) groups excluding carboxylic acids is 2. The maximum absolute atomic E-state index is 13.5. The maximum atomic E-state index is 13.5. The van der Waals surface area contributed by atoms with Gasteiger partial charge >= 0.3 is 35.4 Å². The van der Waals surface area contributed by atoms with Crippen LogP contribution in [0.2, 0.25) is 0 Å². The number of unbranched alkanes of at least 4 members (excludes halogenated alkanes) is 2. The van der Waals surface area contributed by atoms with Gasteiger partial charge in [-0.15, -0.1) is 0 Å². The molecule has 4 aromatic carbocycles. The van der Waals surface area contributed by atoms with E-state index in [1.165, 1.54) is 109 Å². The Kier molecular flexibility index (Phi) is 21.7. The molecule has 2 aliphatic carbocycles. The summed E-state index contributed by atoms with van der Waals surface area (Å²) in [6.07, 6.45) is 1.59. The number of aromatic hydroxyl groups is 2. The second-order valence-electron chi connectivity index (χ2n) is 20.2. The van der Waals surface area contributed by atoms with Crippen molar-refractivity contribution in [3.05, 3.63) is 152 Å². The number of benzene rings is 6. The van der Waals surface area contributed by atoms with Gasteiger partial charge in [-0.1, -0.05) is 12.8 Å². The molecule has 0 bridgehead atoms. The fraction of sp³-hybridized carbons (Fsp3) is 0.276. The predicted molar refractivity (Wildman–Crippen MR) is 314 cm³/mol. The number of carboxylic acids is 2. The highest BCUT2D eigenvalue weighted by molar-refractivity contribution is 7.47. The zero-order chi connectivity index (χ0) is 63.5. The van der Waals surface area contributed by atoms with Crippen LogP contribution in [0.15, 0.2) is 128 Å². The van der Waals surface area contributed by atoms with E-state index in [-0.39, 0.29) is 117 Å². The van der Waals surface area contributed by atoms with Crippen molar-refractivity contribution in [3.8, 4) is 56.4 Å². The second-order valence-corrected chi connectivity index (χ2v) is 24.3. The zero-order valence-corrected chi connectivity index (χ0v) is 49.0. The number of aliphatic hydroxyl groups is 1. The molecule has 0 spiro atoms. The van der Waals surface area contributed by atoms with Gasteiger partial charge in [-0.2, -0.15) is 0 Å².